The van der Waals surface area contributed by atoms with Gasteiger partial charge < -0.3 is 21.3 Å². The second-order valence-corrected chi connectivity index (χ2v) is 4.17. The van der Waals surface area contributed by atoms with Crippen LogP contribution in [-0.4, -0.2) is 39.0 Å². The highest BCUT2D eigenvalue weighted by atomic mass is 16.2. The maximum absolute atomic E-state index is 11.8. The quantitative estimate of drug-likeness (QED) is 0.663. The number of carbonyl (C=O) groups is 2. The third-order valence-corrected chi connectivity index (χ3v) is 2.66. The molecule has 0 spiro atoms. The van der Waals surface area contributed by atoms with E-state index in [0.717, 1.165) is 0 Å². The minimum Gasteiger partial charge on any atom is -0.399 e. The van der Waals surface area contributed by atoms with Crippen LogP contribution in [0.3, 0.4) is 0 Å². The first kappa shape index (κ1) is 14.8. The van der Waals surface area contributed by atoms with Crippen molar-refractivity contribution in [3.8, 4) is 0 Å². The van der Waals surface area contributed by atoms with Gasteiger partial charge in [-0.05, 0) is 25.1 Å². The van der Waals surface area contributed by atoms with Gasteiger partial charge in [0.15, 0.2) is 0 Å². The van der Waals surface area contributed by atoms with Crippen molar-refractivity contribution in [3.05, 3.63) is 23.8 Å². The van der Waals surface area contributed by atoms with Crippen molar-refractivity contribution >= 4 is 23.2 Å². The molecule has 0 radical (unpaired) electrons. The summed E-state index contributed by atoms with van der Waals surface area (Å²) in [6, 6.07) is 5.00. The van der Waals surface area contributed by atoms with Crippen molar-refractivity contribution < 1.29 is 9.59 Å². The fourth-order valence-electron chi connectivity index (χ4n) is 1.74. The molecule has 0 fully saturated rings. The highest BCUT2D eigenvalue weighted by molar-refractivity contribution is 6.00. The Kier molecular flexibility index (Phi) is 5.17. The van der Waals surface area contributed by atoms with E-state index in [2.05, 4.69) is 10.6 Å². The number of hydrogen-bond donors (Lipinski definition) is 3. The number of carbonyl (C=O) groups excluding carboxylic acids is 2. The number of benzene rings is 1. The molecule has 0 saturated heterocycles. The molecule has 4 N–H and O–H groups in total. The summed E-state index contributed by atoms with van der Waals surface area (Å²) in [6.45, 7) is 2.60. The molecule has 0 atom stereocenters. The molecule has 1 aromatic rings. The molecule has 0 unspecified atom stereocenters. The topological polar surface area (TPSA) is 87.5 Å². The van der Waals surface area contributed by atoms with E-state index in [9.17, 15) is 9.59 Å². The van der Waals surface area contributed by atoms with Gasteiger partial charge in [0.1, 0.15) is 0 Å². The Balaban J connectivity index is 3.00. The number of rotatable bonds is 5. The highest BCUT2D eigenvalue weighted by Gasteiger charge is 2.15. The zero-order valence-electron chi connectivity index (χ0n) is 11.5. The maximum atomic E-state index is 11.8. The Bertz CT molecular complexity index is 474. The highest BCUT2D eigenvalue weighted by Crippen LogP contribution is 2.22. The molecule has 6 heteroatoms. The Morgan fingerprint density at radius 3 is 2.63 bits per heavy atom. The van der Waals surface area contributed by atoms with Gasteiger partial charge >= 0.3 is 0 Å². The van der Waals surface area contributed by atoms with E-state index in [1.165, 1.54) is 0 Å². The van der Waals surface area contributed by atoms with E-state index < -0.39 is 0 Å². The summed E-state index contributed by atoms with van der Waals surface area (Å²) in [7, 11) is 3.31. The Morgan fingerprint density at radius 1 is 1.37 bits per heavy atom. The lowest BCUT2D eigenvalue weighted by Crippen LogP contribution is -2.36. The van der Waals surface area contributed by atoms with E-state index in [1.807, 2.05) is 6.92 Å². The van der Waals surface area contributed by atoms with Crippen LogP contribution in [0.5, 0.6) is 0 Å². The molecule has 1 aromatic carbocycles. The molecule has 0 bridgehead atoms. The van der Waals surface area contributed by atoms with Crippen LogP contribution >= 0.6 is 0 Å². The summed E-state index contributed by atoms with van der Waals surface area (Å²) in [5.74, 6) is -0.312. The van der Waals surface area contributed by atoms with Crippen LogP contribution in [-0.2, 0) is 4.79 Å². The first-order valence-electron chi connectivity index (χ1n) is 6.09. The molecule has 19 heavy (non-hydrogen) atoms. The number of likely N-dealkylation sites (N-methyl/N-ethyl adjacent to an activating group) is 2. The number of nitrogens with two attached hydrogens (primary N) is 1. The largest absolute Gasteiger partial charge is 0.399 e. The van der Waals surface area contributed by atoms with Gasteiger partial charge in [-0.2, -0.15) is 0 Å². The number of amides is 2. The lowest BCUT2D eigenvalue weighted by molar-refractivity contribution is -0.119. The first-order chi connectivity index (χ1) is 8.99. The number of nitrogens with zero attached hydrogens (tertiary/aromatic N) is 1. The summed E-state index contributed by atoms with van der Waals surface area (Å²) in [5, 5.41) is 5.28. The average Bonchev–Trinajstić information content (AvgIpc) is 2.37. The van der Waals surface area contributed by atoms with Gasteiger partial charge in [0, 0.05) is 26.3 Å². The minimum atomic E-state index is -0.210. The number of hydrogen-bond acceptors (Lipinski definition) is 4. The number of nitrogens with one attached hydrogen (secondary N) is 2. The molecule has 6 nitrogen and oxygen atoms in total. The standard InChI is InChI=1S/C13H20N4O2/c1-4-16-12(18)8-17(3)11-7-9(14)5-6-10(11)13(19)15-2/h5-7H,4,8,14H2,1-3H3,(H,15,19)(H,16,18). The van der Waals surface area contributed by atoms with E-state index >= 15 is 0 Å². The van der Waals surface area contributed by atoms with Crippen molar-refractivity contribution in [2.45, 2.75) is 6.92 Å². The SMILES string of the molecule is CCNC(=O)CN(C)c1cc(N)ccc1C(=O)NC. The fourth-order valence-corrected chi connectivity index (χ4v) is 1.74. The normalized spacial score (nSPS) is 9.84. The second-order valence-electron chi connectivity index (χ2n) is 4.17. The molecule has 0 saturated carbocycles. The predicted octanol–water partition coefficient (Wildman–Crippen LogP) is 0.201. The third-order valence-electron chi connectivity index (χ3n) is 2.66. The molecular weight excluding hydrogens is 244 g/mol. The van der Waals surface area contributed by atoms with E-state index in [0.29, 0.717) is 23.5 Å². The number of nitrogen functional groups attached to an aromatic ring is 1. The second kappa shape index (κ2) is 6.63. The molecule has 0 heterocycles. The van der Waals surface area contributed by atoms with Crippen molar-refractivity contribution in [3.63, 3.8) is 0 Å². The Hall–Kier alpha value is -2.24. The van der Waals surface area contributed by atoms with Crippen molar-refractivity contribution in [2.75, 3.05) is 37.8 Å². The molecule has 2 amide bonds. The van der Waals surface area contributed by atoms with Crippen LogP contribution in [0.25, 0.3) is 0 Å². The maximum Gasteiger partial charge on any atom is 0.253 e. The van der Waals surface area contributed by atoms with Crippen LogP contribution in [0, 0.1) is 0 Å². The van der Waals surface area contributed by atoms with Crippen LogP contribution in [0.15, 0.2) is 18.2 Å². The van der Waals surface area contributed by atoms with Crippen molar-refractivity contribution in [1.82, 2.24) is 10.6 Å². The molecule has 0 aromatic heterocycles. The van der Waals surface area contributed by atoms with Gasteiger partial charge in [-0.25, -0.2) is 0 Å². The van der Waals surface area contributed by atoms with Crippen molar-refractivity contribution in [2.24, 2.45) is 0 Å². The van der Waals surface area contributed by atoms with E-state index in [4.69, 9.17) is 5.73 Å². The zero-order chi connectivity index (χ0) is 14.4. The average molecular weight is 264 g/mol. The van der Waals surface area contributed by atoms with Gasteiger partial charge in [-0.1, -0.05) is 0 Å². The van der Waals surface area contributed by atoms with Crippen LogP contribution in [0.1, 0.15) is 17.3 Å². The van der Waals surface area contributed by atoms with Crippen LogP contribution in [0.4, 0.5) is 11.4 Å². The molecule has 0 aliphatic heterocycles. The summed E-state index contributed by atoms with van der Waals surface area (Å²) in [5.41, 5.74) is 7.40. The fraction of sp³-hybridized carbons (Fsp3) is 0.385. The van der Waals surface area contributed by atoms with Gasteiger partial charge in [-0.3, -0.25) is 9.59 Å². The summed E-state index contributed by atoms with van der Waals surface area (Å²) in [4.78, 5) is 25.1. The van der Waals surface area contributed by atoms with Gasteiger partial charge in [0.2, 0.25) is 5.91 Å². The third kappa shape index (κ3) is 3.87. The first-order valence-corrected chi connectivity index (χ1v) is 6.09. The summed E-state index contributed by atoms with van der Waals surface area (Å²) in [6.07, 6.45) is 0. The molecule has 1 rings (SSSR count). The van der Waals surface area contributed by atoms with Crippen LogP contribution in [0.2, 0.25) is 0 Å². The van der Waals surface area contributed by atoms with E-state index in [1.54, 1.807) is 37.2 Å². The zero-order valence-corrected chi connectivity index (χ0v) is 11.5. The van der Waals surface area contributed by atoms with Gasteiger partial charge in [-0.15, -0.1) is 0 Å². The van der Waals surface area contributed by atoms with E-state index in [-0.39, 0.29) is 18.4 Å². The van der Waals surface area contributed by atoms with Crippen molar-refractivity contribution in [1.29, 1.82) is 0 Å². The number of anilines is 2. The monoisotopic (exact) mass is 264 g/mol. The smallest absolute Gasteiger partial charge is 0.253 e. The predicted molar refractivity (Wildman–Crippen MR) is 76.2 cm³/mol. The summed E-state index contributed by atoms with van der Waals surface area (Å²) < 4.78 is 0. The summed E-state index contributed by atoms with van der Waals surface area (Å²) >= 11 is 0. The minimum absolute atomic E-state index is 0.102. The molecular formula is C13H20N4O2. The van der Waals surface area contributed by atoms with Gasteiger partial charge in [0.05, 0.1) is 17.8 Å². The Labute approximate surface area is 113 Å². The van der Waals surface area contributed by atoms with Gasteiger partial charge in [0.25, 0.3) is 5.91 Å². The molecule has 104 valence electrons. The van der Waals surface area contributed by atoms with Crippen LogP contribution < -0.4 is 21.3 Å². The lowest BCUT2D eigenvalue weighted by atomic mass is 10.1. The Morgan fingerprint density at radius 2 is 2.05 bits per heavy atom. The molecule has 0 aliphatic carbocycles. The molecule has 0 aliphatic rings. The lowest BCUT2D eigenvalue weighted by Gasteiger charge is -2.21.